The van der Waals surface area contributed by atoms with Crippen LogP contribution in [-0.4, -0.2) is 36.9 Å². The highest BCUT2D eigenvalue weighted by molar-refractivity contribution is 6.01. The molecular formula is C34H37N5O2. The SMILES string of the molecule is N=C(N)NCCC[C@H](NCC(c1ccccc1)c1ccccc1)C(=O)NC(=O)C(c1ccccc1)c1ccccc1. The third-order valence-electron chi connectivity index (χ3n) is 7.05. The lowest BCUT2D eigenvalue weighted by Gasteiger charge is -2.24. The van der Waals surface area contributed by atoms with Gasteiger partial charge in [0.1, 0.15) is 0 Å². The van der Waals surface area contributed by atoms with E-state index >= 15 is 0 Å². The number of carbonyl (C=O) groups is 2. The van der Waals surface area contributed by atoms with Crippen molar-refractivity contribution in [1.82, 2.24) is 16.0 Å². The van der Waals surface area contributed by atoms with Crippen molar-refractivity contribution in [3.8, 4) is 0 Å². The second kappa shape index (κ2) is 15.1. The summed E-state index contributed by atoms with van der Waals surface area (Å²) in [4.78, 5) is 27.3. The summed E-state index contributed by atoms with van der Waals surface area (Å²) in [6.45, 7) is 0.952. The van der Waals surface area contributed by atoms with Crippen molar-refractivity contribution in [2.24, 2.45) is 5.73 Å². The molecule has 4 aromatic carbocycles. The van der Waals surface area contributed by atoms with Crippen molar-refractivity contribution < 1.29 is 9.59 Å². The molecule has 0 radical (unpaired) electrons. The number of amides is 2. The average molecular weight is 548 g/mol. The first-order valence-corrected chi connectivity index (χ1v) is 13.9. The summed E-state index contributed by atoms with van der Waals surface area (Å²) in [7, 11) is 0. The van der Waals surface area contributed by atoms with Crippen LogP contribution in [0.5, 0.6) is 0 Å². The lowest BCUT2D eigenvalue weighted by molar-refractivity contribution is -0.132. The summed E-state index contributed by atoms with van der Waals surface area (Å²) in [6.07, 6.45) is 1.04. The van der Waals surface area contributed by atoms with Crippen LogP contribution in [-0.2, 0) is 9.59 Å². The molecule has 7 heteroatoms. The van der Waals surface area contributed by atoms with Gasteiger partial charge in [0.2, 0.25) is 11.8 Å². The molecule has 4 aromatic rings. The summed E-state index contributed by atoms with van der Waals surface area (Å²) < 4.78 is 0. The maximum absolute atomic E-state index is 13.7. The molecule has 0 bridgehead atoms. The van der Waals surface area contributed by atoms with Gasteiger partial charge in [-0.2, -0.15) is 0 Å². The minimum absolute atomic E-state index is 0.0140. The van der Waals surface area contributed by atoms with Gasteiger partial charge in [-0.25, -0.2) is 0 Å². The maximum atomic E-state index is 13.7. The zero-order valence-electron chi connectivity index (χ0n) is 23.0. The molecule has 6 N–H and O–H groups in total. The molecule has 210 valence electrons. The lowest BCUT2D eigenvalue weighted by Crippen LogP contribution is -2.49. The van der Waals surface area contributed by atoms with Crippen LogP contribution in [0.4, 0.5) is 0 Å². The Morgan fingerprint density at radius 1 is 0.659 bits per heavy atom. The molecule has 4 rings (SSSR count). The fourth-order valence-electron chi connectivity index (χ4n) is 4.98. The van der Waals surface area contributed by atoms with Gasteiger partial charge < -0.3 is 16.4 Å². The molecule has 0 heterocycles. The van der Waals surface area contributed by atoms with Crippen LogP contribution >= 0.6 is 0 Å². The zero-order chi connectivity index (χ0) is 28.9. The Hall–Kier alpha value is -4.75. The van der Waals surface area contributed by atoms with E-state index in [9.17, 15) is 9.59 Å². The molecule has 0 aromatic heterocycles. The third-order valence-corrected chi connectivity index (χ3v) is 7.05. The van der Waals surface area contributed by atoms with Gasteiger partial charge in [0.05, 0.1) is 12.0 Å². The van der Waals surface area contributed by atoms with Crippen LogP contribution in [0.2, 0.25) is 0 Å². The zero-order valence-corrected chi connectivity index (χ0v) is 23.0. The molecule has 0 saturated carbocycles. The van der Waals surface area contributed by atoms with Crippen LogP contribution < -0.4 is 21.7 Å². The number of hydrogen-bond acceptors (Lipinski definition) is 4. The minimum Gasteiger partial charge on any atom is -0.370 e. The van der Waals surface area contributed by atoms with Gasteiger partial charge in [0.15, 0.2) is 5.96 Å². The molecule has 0 saturated heterocycles. The fourth-order valence-corrected chi connectivity index (χ4v) is 4.98. The van der Waals surface area contributed by atoms with Crippen LogP contribution in [0.3, 0.4) is 0 Å². The second-order valence-corrected chi connectivity index (χ2v) is 9.93. The van der Waals surface area contributed by atoms with Crippen molar-refractivity contribution in [2.45, 2.75) is 30.7 Å². The van der Waals surface area contributed by atoms with Gasteiger partial charge in [-0.05, 0) is 35.1 Å². The van der Waals surface area contributed by atoms with Gasteiger partial charge >= 0.3 is 0 Å². The van der Waals surface area contributed by atoms with E-state index in [-0.39, 0.29) is 23.7 Å². The smallest absolute Gasteiger partial charge is 0.243 e. The molecule has 0 aliphatic carbocycles. The quantitative estimate of drug-likeness (QED) is 0.0958. The molecule has 1 atom stereocenters. The highest BCUT2D eigenvalue weighted by Gasteiger charge is 2.28. The van der Waals surface area contributed by atoms with Crippen LogP contribution in [0.1, 0.15) is 46.9 Å². The molecule has 0 aliphatic rings. The van der Waals surface area contributed by atoms with Gasteiger partial charge in [-0.3, -0.25) is 20.3 Å². The number of rotatable bonds is 13. The average Bonchev–Trinajstić information content (AvgIpc) is 3.00. The summed E-state index contributed by atoms with van der Waals surface area (Å²) in [5.74, 6) is -1.47. The van der Waals surface area contributed by atoms with Crippen molar-refractivity contribution >= 4 is 17.8 Å². The minimum atomic E-state index is -0.630. The van der Waals surface area contributed by atoms with Crippen molar-refractivity contribution in [3.05, 3.63) is 144 Å². The number of hydrogen-bond donors (Lipinski definition) is 5. The third kappa shape index (κ3) is 8.62. The Kier molecular flexibility index (Phi) is 10.8. The molecule has 0 fully saturated rings. The summed E-state index contributed by atoms with van der Waals surface area (Å²) in [6, 6.07) is 38.7. The molecule has 41 heavy (non-hydrogen) atoms. The van der Waals surface area contributed by atoms with Crippen LogP contribution in [0, 0.1) is 5.41 Å². The van der Waals surface area contributed by atoms with E-state index in [0.717, 1.165) is 22.3 Å². The first kappa shape index (κ1) is 29.2. The van der Waals surface area contributed by atoms with Crippen molar-refractivity contribution in [1.29, 1.82) is 5.41 Å². The predicted molar refractivity (Wildman–Crippen MR) is 164 cm³/mol. The molecule has 0 unspecified atom stereocenters. The molecular weight excluding hydrogens is 510 g/mol. The second-order valence-electron chi connectivity index (χ2n) is 9.93. The van der Waals surface area contributed by atoms with Gasteiger partial charge in [-0.15, -0.1) is 0 Å². The molecule has 0 aliphatic heterocycles. The highest BCUT2D eigenvalue weighted by atomic mass is 16.2. The van der Waals surface area contributed by atoms with Crippen LogP contribution in [0.25, 0.3) is 0 Å². The fraction of sp³-hybridized carbons (Fsp3) is 0.206. The molecule has 2 amide bonds. The number of nitrogens with one attached hydrogen (secondary N) is 4. The van der Waals surface area contributed by atoms with E-state index in [4.69, 9.17) is 11.1 Å². The summed E-state index contributed by atoms with van der Waals surface area (Å²) >= 11 is 0. The van der Waals surface area contributed by atoms with E-state index in [1.54, 1.807) is 0 Å². The van der Waals surface area contributed by atoms with Crippen molar-refractivity contribution in [3.63, 3.8) is 0 Å². The Morgan fingerprint density at radius 2 is 1.10 bits per heavy atom. The Bertz CT molecular complexity index is 1300. The standard InChI is InChI=1S/C34H37N5O2/c35-34(36)37-23-13-22-30(38-24-29(25-14-5-1-6-15-25)26-16-7-2-8-17-26)32(40)39-33(41)31(27-18-9-3-10-19-27)28-20-11-4-12-21-28/h1-12,14-21,29-31,38H,13,22-24H2,(H4,35,36,37)(H,39,40,41)/t30-/m0/s1. The monoisotopic (exact) mass is 547 g/mol. The maximum Gasteiger partial charge on any atom is 0.243 e. The Labute approximate surface area is 241 Å². The topological polar surface area (TPSA) is 120 Å². The van der Waals surface area contributed by atoms with Gasteiger partial charge in [-0.1, -0.05) is 121 Å². The summed E-state index contributed by atoms with van der Waals surface area (Å²) in [5, 5.41) is 16.4. The number of guanidine groups is 1. The number of carbonyl (C=O) groups excluding carboxylic acids is 2. The van der Waals surface area contributed by atoms with Gasteiger partial charge in [0.25, 0.3) is 0 Å². The first-order valence-electron chi connectivity index (χ1n) is 13.9. The van der Waals surface area contributed by atoms with E-state index in [1.807, 2.05) is 97.1 Å². The van der Waals surface area contributed by atoms with E-state index < -0.39 is 12.0 Å². The molecule has 7 nitrogen and oxygen atoms in total. The molecule has 0 spiro atoms. The highest BCUT2D eigenvalue weighted by Crippen LogP contribution is 2.26. The number of benzene rings is 4. The Morgan fingerprint density at radius 3 is 1.54 bits per heavy atom. The number of nitrogens with two attached hydrogens (primary N) is 1. The largest absolute Gasteiger partial charge is 0.370 e. The lowest BCUT2D eigenvalue weighted by atomic mass is 9.90. The van der Waals surface area contributed by atoms with E-state index in [0.29, 0.717) is 25.9 Å². The number of imide groups is 1. The Balaban J connectivity index is 1.53. The van der Waals surface area contributed by atoms with E-state index in [1.165, 1.54) is 0 Å². The predicted octanol–water partition coefficient (Wildman–Crippen LogP) is 4.51. The normalized spacial score (nSPS) is 11.7. The first-order chi connectivity index (χ1) is 20.0. The van der Waals surface area contributed by atoms with Crippen molar-refractivity contribution in [2.75, 3.05) is 13.1 Å². The van der Waals surface area contributed by atoms with Gasteiger partial charge in [0, 0.05) is 19.0 Å². The van der Waals surface area contributed by atoms with Crippen LogP contribution in [0.15, 0.2) is 121 Å². The van der Waals surface area contributed by atoms with E-state index in [2.05, 4.69) is 40.2 Å². The summed E-state index contributed by atoms with van der Waals surface area (Å²) in [5.41, 5.74) is 9.33.